The Hall–Kier alpha value is -2.21. The molecule has 136 valence electrons. The van der Waals surface area contributed by atoms with Gasteiger partial charge in [-0.05, 0) is 49.8 Å². The number of hydrogen-bond acceptors (Lipinski definition) is 3. The fourth-order valence-electron chi connectivity index (χ4n) is 3.89. The molecule has 1 fully saturated rings. The summed E-state index contributed by atoms with van der Waals surface area (Å²) in [5, 5.41) is 4.36. The predicted octanol–water partition coefficient (Wildman–Crippen LogP) is 4.87. The van der Waals surface area contributed by atoms with Crippen LogP contribution in [0, 0.1) is 11.8 Å². The lowest BCUT2D eigenvalue weighted by Gasteiger charge is -2.28. The Labute approximate surface area is 156 Å². The highest BCUT2D eigenvalue weighted by Crippen LogP contribution is 2.47. The fraction of sp³-hybridized carbons (Fsp3) is 0.522. The average molecular weight is 348 g/mol. The van der Waals surface area contributed by atoms with Crippen LogP contribution in [0.3, 0.4) is 0 Å². The van der Waals surface area contributed by atoms with Gasteiger partial charge in [-0.3, -0.25) is 0 Å². The third-order valence-corrected chi connectivity index (χ3v) is 5.75. The molecule has 4 rings (SSSR count). The number of aryl methyl sites for hydroxylation is 1. The van der Waals surface area contributed by atoms with Crippen molar-refractivity contribution in [2.45, 2.75) is 63.7 Å². The van der Waals surface area contributed by atoms with Crippen LogP contribution in [0.5, 0.6) is 0 Å². The number of hydrogen-bond donors (Lipinski definition) is 0. The van der Waals surface area contributed by atoms with Gasteiger partial charge in [-0.2, -0.15) is 0 Å². The molecule has 3 heteroatoms. The maximum atomic E-state index is 5.57. The molecule has 1 aromatic heterocycles. The van der Waals surface area contributed by atoms with E-state index < -0.39 is 0 Å². The summed E-state index contributed by atoms with van der Waals surface area (Å²) >= 11 is 0. The van der Waals surface area contributed by atoms with Crippen LogP contribution < -0.4 is 4.90 Å². The second-order valence-corrected chi connectivity index (χ2v) is 7.80. The fourth-order valence-corrected chi connectivity index (χ4v) is 3.89. The third kappa shape index (κ3) is 3.38. The molecular weight excluding hydrogens is 320 g/mol. The molecule has 1 aliphatic heterocycles. The number of aromatic nitrogens is 1. The Morgan fingerprint density at radius 1 is 1.27 bits per heavy atom. The second-order valence-electron chi connectivity index (χ2n) is 7.80. The van der Waals surface area contributed by atoms with Crippen molar-refractivity contribution < 1.29 is 4.52 Å². The minimum atomic E-state index is -0.0736. The number of rotatable bonds is 5. The zero-order valence-electron chi connectivity index (χ0n) is 16.0. The summed E-state index contributed by atoms with van der Waals surface area (Å²) in [7, 11) is 2.17. The van der Waals surface area contributed by atoms with Gasteiger partial charge in [-0.15, -0.1) is 0 Å². The van der Waals surface area contributed by atoms with Crippen molar-refractivity contribution in [2.24, 2.45) is 0 Å². The predicted molar refractivity (Wildman–Crippen MR) is 106 cm³/mol. The van der Waals surface area contributed by atoms with Crippen LogP contribution in [-0.2, 0) is 18.3 Å². The Kier molecular flexibility index (Phi) is 4.76. The Morgan fingerprint density at radius 2 is 2.15 bits per heavy atom. The summed E-state index contributed by atoms with van der Waals surface area (Å²) in [4.78, 5) is 2.34. The minimum absolute atomic E-state index is 0.0736. The molecule has 0 N–H and O–H groups in total. The molecule has 2 heterocycles. The van der Waals surface area contributed by atoms with E-state index in [-0.39, 0.29) is 5.41 Å². The Morgan fingerprint density at radius 3 is 2.96 bits per heavy atom. The van der Waals surface area contributed by atoms with Crippen molar-refractivity contribution in [1.82, 2.24) is 5.16 Å². The second kappa shape index (κ2) is 7.19. The van der Waals surface area contributed by atoms with E-state index in [4.69, 9.17) is 4.52 Å². The summed E-state index contributed by atoms with van der Waals surface area (Å²) in [5.41, 5.74) is 4.90. The van der Waals surface area contributed by atoms with E-state index in [1.165, 1.54) is 42.5 Å². The zero-order valence-corrected chi connectivity index (χ0v) is 16.0. The van der Waals surface area contributed by atoms with Crippen LogP contribution in [0.25, 0.3) is 0 Å². The summed E-state index contributed by atoms with van der Waals surface area (Å²) < 4.78 is 5.57. The number of unbranched alkanes of at least 4 members (excludes halogenated alkanes) is 2. The van der Waals surface area contributed by atoms with Crippen molar-refractivity contribution in [2.75, 3.05) is 18.5 Å². The smallest absolute Gasteiger partial charge is 0.137 e. The number of benzene rings is 1. The van der Waals surface area contributed by atoms with Crippen LogP contribution in [0.1, 0.15) is 68.0 Å². The lowest BCUT2D eigenvalue weighted by Crippen LogP contribution is -2.25. The molecule has 3 nitrogen and oxygen atoms in total. The minimum Gasteiger partial charge on any atom is -0.374 e. The van der Waals surface area contributed by atoms with Gasteiger partial charge in [-0.1, -0.05) is 42.8 Å². The summed E-state index contributed by atoms with van der Waals surface area (Å²) in [5.74, 6) is 8.07. The Balaban J connectivity index is 1.54. The quantitative estimate of drug-likeness (QED) is 0.570. The highest BCUT2D eigenvalue weighted by atomic mass is 16.5. The highest BCUT2D eigenvalue weighted by Gasteiger charge is 2.45. The largest absolute Gasteiger partial charge is 0.374 e. The van der Waals surface area contributed by atoms with Crippen molar-refractivity contribution >= 4 is 5.69 Å². The van der Waals surface area contributed by atoms with Crippen LogP contribution >= 0.6 is 0 Å². The van der Waals surface area contributed by atoms with E-state index >= 15 is 0 Å². The number of fused-ring (bicyclic) bond motifs is 1. The number of anilines is 1. The molecule has 1 saturated carbocycles. The van der Waals surface area contributed by atoms with Crippen molar-refractivity contribution in [3.63, 3.8) is 0 Å². The maximum absolute atomic E-state index is 5.57. The van der Waals surface area contributed by atoms with Crippen LogP contribution in [0.15, 0.2) is 28.8 Å². The van der Waals surface area contributed by atoms with Gasteiger partial charge in [0, 0.05) is 37.3 Å². The van der Waals surface area contributed by atoms with Crippen LogP contribution in [-0.4, -0.2) is 18.7 Å². The van der Waals surface area contributed by atoms with E-state index in [0.29, 0.717) is 0 Å². The average Bonchev–Trinajstić information content (AvgIpc) is 3.30. The molecule has 0 saturated heterocycles. The van der Waals surface area contributed by atoms with Gasteiger partial charge in [-0.25, -0.2) is 0 Å². The highest BCUT2D eigenvalue weighted by molar-refractivity contribution is 5.62. The van der Waals surface area contributed by atoms with Crippen LogP contribution in [0.2, 0.25) is 0 Å². The molecule has 0 amide bonds. The molecule has 2 aliphatic rings. The SMILES string of the molecule is CCCCCc1cc(C2(C#Cc3cccc4c3CCCN4C)CC2)no1. The molecular formula is C23H28N2O. The molecule has 26 heavy (non-hydrogen) atoms. The summed E-state index contributed by atoms with van der Waals surface area (Å²) in [6, 6.07) is 8.66. The van der Waals surface area contributed by atoms with E-state index in [1.54, 1.807) is 0 Å². The topological polar surface area (TPSA) is 29.3 Å². The van der Waals surface area contributed by atoms with Gasteiger partial charge in [0.1, 0.15) is 11.5 Å². The van der Waals surface area contributed by atoms with Gasteiger partial charge < -0.3 is 9.42 Å². The maximum Gasteiger partial charge on any atom is 0.137 e. The molecule has 1 aliphatic carbocycles. The monoisotopic (exact) mass is 348 g/mol. The lowest BCUT2D eigenvalue weighted by molar-refractivity contribution is 0.371. The van der Waals surface area contributed by atoms with Gasteiger partial charge in [0.25, 0.3) is 0 Å². The van der Waals surface area contributed by atoms with Gasteiger partial charge >= 0.3 is 0 Å². The molecule has 2 aromatic rings. The first-order valence-electron chi connectivity index (χ1n) is 10.0. The van der Waals surface area contributed by atoms with Crippen molar-refractivity contribution in [3.8, 4) is 11.8 Å². The lowest BCUT2D eigenvalue weighted by atomic mass is 9.95. The van der Waals surface area contributed by atoms with Crippen molar-refractivity contribution in [1.29, 1.82) is 0 Å². The molecule has 0 radical (unpaired) electrons. The first kappa shape index (κ1) is 17.2. The first-order chi connectivity index (χ1) is 12.7. The first-order valence-corrected chi connectivity index (χ1v) is 10.0. The van der Waals surface area contributed by atoms with Crippen LogP contribution in [0.4, 0.5) is 5.69 Å². The normalized spacial score (nSPS) is 17.4. The van der Waals surface area contributed by atoms with E-state index in [1.807, 2.05) is 0 Å². The summed E-state index contributed by atoms with van der Waals surface area (Å²) in [6.07, 6.45) is 9.16. The summed E-state index contributed by atoms with van der Waals surface area (Å²) in [6.45, 7) is 3.36. The molecule has 0 unspecified atom stereocenters. The van der Waals surface area contributed by atoms with Gasteiger partial charge in [0.15, 0.2) is 0 Å². The van der Waals surface area contributed by atoms with E-state index in [2.05, 4.69) is 60.1 Å². The molecule has 0 bridgehead atoms. The standard InChI is InChI=1S/C23H28N2O/c1-3-4-5-9-19-17-22(24-26-19)23(14-15-23)13-12-18-8-6-11-21-20(18)10-7-16-25(21)2/h6,8,11,17H,3-5,7,9-10,14-16H2,1-2H3. The van der Waals surface area contributed by atoms with Gasteiger partial charge in [0.2, 0.25) is 0 Å². The number of nitrogens with zero attached hydrogens (tertiary/aromatic N) is 2. The van der Waals surface area contributed by atoms with E-state index in [9.17, 15) is 0 Å². The molecule has 1 aromatic carbocycles. The van der Waals surface area contributed by atoms with E-state index in [0.717, 1.165) is 43.7 Å². The Bertz CT molecular complexity index is 835. The van der Waals surface area contributed by atoms with Crippen molar-refractivity contribution in [3.05, 3.63) is 46.8 Å². The third-order valence-electron chi connectivity index (χ3n) is 5.75. The molecule has 0 spiro atoms. The molecule has 0 atom stereocenters. The zero-order chi connectivity index (χ0) is 18.0. The van der Waals surface area contributed by atoms with Gasteiger partial charge in [0.05, 0.1) is 5.41 Å².